The van der Waals surface area contributed by atoms with Crippen molar-refractivity contribution in [2.45, 2.75) is 31.5 Å². The molecule has 0 radical (unpaired) electrons. The largest absolute Gasteiger partial charge is 0.325 e. The Morgan fingerprint density at radius 2 is 2.23 bits per heavy atom. The van der Waals surface area contributed by atoms with E-state index in [0.29, 0.717) is 26.1 Å². The molecule has 3 aromatic rings. The Bertz CT molecular complexity index is 1000. The van der Waals surface area contributed by atoms with E-state index in [2.05, 4.69) is 10.3 Å². The third-order valence-corrected chi connectivity index (χ3v) is 6.03. The van der Waals surface area contributed by atoms with Gasteiger partial charge in [0.25, 0.3) is 5.56 Å². The fourth-order valence-electron chi connectivity index (χ4n) is 2.47. The standard InChI is InChI=1S/C18H18ClN3O2S2/c1-3-11(2)22-17(24)16-14(7-8-25-16)21-18(22)26-10-15(23)20-13-6-4-5-12(19)9-13/h4-9,11H,3,10H2,1-2H3,(H,20,23)/t11-/m1/s1. The molecule has 5 nitrogen and oxygen atoms in total. The first kappa shape index (κ1) is 18.9. The van der Waals surface area contributed by atoms with Crippen molar-refractivity contribution in [3.8, 4) is 0 Å². The van der Waals surface area contributed by atoms with Gasteiger partial charge < -0.3 is 5.32 Å². The van der Waals surface area contributed by atoms with Crippen molar-refractivity contribution >= 4 is 56.5 Å². The topological polar surface area (TPSA) is 64.0 Å². The van der Waals surface area contributed by atoms with Gasteiger partial charge in [-0.15, -0.1) is 11.3 Å². The number of aromatic nitrogens is 2. The molecule has 0 saturated heterocycles. The predicted octanol–water partition coefficient (Wildman–Crippen LogP) is 4.81. The van der Waals surface area contributed by atoms with Gasteiger partial charge in [0.2, 0.25) is 5.91 Å². The summed E-state index contributed by atoms with van der Waals surface area (Å²) in [4.78, 5) is 29.6. The van der Waals surface area contributed by atoms with Crippen molar-refractivity contribution in [1.29, 1.82) is 0 Å². The van der Waals surface area contributed by atoms with Gasteiger partial charge in [-0.05, 0) is 43.0 Å². The number of rotatable bonds is 6. The van der Waals surface area contributed by atoms with Gasteiger partial charge in [-0.2, -0.15) is 0 Å². The van der Waals surface area contributed by atoms with Crippen LogP contribution >= 0.6 is 34.7 Å². The van der Waals surface area contributed by atoms with Crippen LogP contribution in [0.25, 0.3) is 10.2 Å². The van der Waals surface area contributed by atoms with E-state index in [9.17, 15) is 9.59 Å². The molecule has 0 aliphatic rings. The second-order valence-electron chi connectivity index (χ2n) is 5.81. The molecule has 26 heavy (non-hydrogen) atoms. The highest BCUT2D eigenvalue weighted by Gasteiger charge is 2.17. The van der Waals surface area contributed by atoms with E-state index in [1.54, 1.807) is 28.8 Å². The smallest absolute Gasteiger partial charge is 0.272 e. The van der Waals surface area contributed by atoms with Gasteiger partial charge in [-0.25, -0.2) is 4.98 Å². The number of carbonyl (C=O) groups is 1. The van der Waals surface area contributed by atoms with Crippen molar-refractivity contribution in [1.82, 2.24) is 9.55 Å². The average Bonchev–Trinajstić information content (AvgIpc) is 3.08. The molecular weight excluding hydrogens is 390 g/mol. The average molecular weight is 408 g/mol. The summed E-state index contributed by atoms with van der Waals surface area (Å²) < 4.78 is 2.34. The molecule has 0 saturated carbocycles. The summed E-state index contributed by atoms with van der Waals surface area (Å²) in [7, 11) is 0. The van der Waals surface area contributed by atoms with Crippen LogP contribution < -0.4 is 10.9 Å². The van der Waals surface area contributed by atoms with Crippen molar-refractivity contribution < 1.29 is 4.79 Å². The van der Waals surface area contributed by atoms with Crippen LogP contribution in [0.5, 0.6) is 0 Å². The number of thioether (sulfide) groups is 1. The SMILES string of the molecule is CC[C@@H](C)n1c(SCC(=O)Nc2cccc(Cl)c2)nc2ccsc2c1=O. The Balaban J connectivity index is 1.81. The van der Waals surface area contributed by atoms with E-state index in [0.717, 1.165) is 6.42 Å². The van der Waals surface area contributed by atoms with Crippen LogP contribution in [0.4, 0.5) is 5.69 Å². The fourth-order valence-corrected chi connectivity index (χ4v) is 4.32. The van der Waals surface area contributed by atoms with Gasteiger partial charge in [0.05, 0.1) is 11.3 Å². The molecule has 0 bridgehead atoms. The minimum absolute atomic E-state index is 0.0139. The maximum atomic E-state index is 12.8. The van der Waals surface area contributed by atoms with Crippen molar-refractivity contribution in [2.75, 3.05) is 11.1 Å². The molecule has 8 heteroatoms. The maximum absolute atomic E-state index is 12.8. The molecule has 2 aromatic heterocycles. The summed E-state index contributed by atoms with van der Waals surface area (Å²) in [6.45, 7) is 4.01. The molecule has 0 aliphatic heterocycles. The van der Waals surface area contributed by atoms with E-state index < -0.39 is 0 Å². The molecule has 0 fully saturated rings. The number of thiophene rings is 1. The molecule has 1 N–H and O–H groups in total. The number of anilines is 1. The van der Waals surface area contributed by atoms with Crippen LogP contribution in [-0.2, 0) is 4.79 Å². The number of nitrogens with one attached hydrogen (secondary N) is 1. The van der Waals surface area contributed by atoms with E-state index in [-0.39, 0.29) is 23.3 Å². The Morgan fingerprint density at radius 3 is 2.96 bits per heavy atom. The van der Waals surface area contributed by atoms with Crippen LogP contribution in [0, 0.1) is 0 Å². The van der Waals surface area contributed by atoms with Gasteiger partial charge in [-0.3, -0.25) is 14.2 Å². The molecule has 0 aliphatic carbocycles. The summed E-state index contributed by atoms with van der Waals surface area (Å²) in [6, 6.07) is 8.83. The number of carbonyl (C=O) groups excluding carboxylic acids is 1. The van der Waals surface area contributed by atoms with Crippen molar-refractivity contribution in [2.24, 2.45) is 0 Å². The molecule has 0 unspecified atom stereocenters. The predicted molar refractivity (Wildman–Crippen MR) is 110 cm³/mol. The molecule has 1 amide bonds. The van der Waals surface area contributed by atoms with E-state index in [4.69, 9.17) is 11.6 Å². The molecular formula is C18H18ClN3O2S2. The lowest BCUT2D eigenvalue weighted by atomic mass is 10.2. The van der Waals surface area contributed by atoms with Crippen LogP contribution in [0.3, 0.4) is 0 Å². The molecule has 1 atom stereocenters. The fraction of sp³-hybridized carbons (Fsp3) is 0.278. The van der Waals surface area contributed by atoms with E-state index >= 15 is 0 Å². The van der Waals surface area contributed by atoms with Crippen molar-refractivity contribution in [3.63, 3.8) is 0 Å². The van der Waals surface area contributed by atoms with Crippen LogP contribution in [-0.4, -0.2) is 21.2 Å². The quantitative estimate of drug-likeness (QED) is 0.470. The summed E-state index contributed by atoms with van der Waals surface area (Å²) in [6.07, 6.45) is 0.806. The monoisotopic (exact) mass is 407 g/mol. The summed E-state index contributed by atoms with van der Waals surface area (Å²) in [5, 5.41) is 5.79. The van der Waals surface area contributed by atoms with E-state index in [1.807, 2.05) is 25.3 Å². The highest BCUT2D eigenvalue weighted by atomic mass is 35.5. The van der Waals surface area contributed by atoms with Gasteiger partial charge in [0, 0.05) is 16.8 Å². The number of hydrogen-bond donors (Lipinski definition) is 1. The minimum atomic E-state index is -0.173. The van der Waals surface area contributed by atoms with Crippen LogP contribution in [0.2, 0.25) is 5.02 Å². The zero-order valence-corrected chi connectivity index (χ0v) is 16.7. The van der Waals surface area contributed by atoms with Gasteiger partial charge in [-0.1, -0.05) is 36.4 Å². The third kappa shape index (κ3) is 4.11. The first-order chi connectivity index (χ1) is 12.5. The Kier molecular flexibility index (Phi) is 6.01. The lowest BCUT2D eigenvalue weighted by Gasteiger charge is -2.17. The highest BCUT2D eigenvalue weighted by molar-refractivity contribution is 7.99. The summed E-state index contributed by atoms with van der Waals surface area (Å²) in [5.74, 6) is -0.0157. The maximum Gasteiger partial charge on any atom is 0.272 e. The Hall–Kier alpha value is -1.83. The highest BCUT2D eigenvalue weighted by Crippen LogP contribution is 2.24. The van der Waals surface area contributed by atoms with Gasteiger partial charge >= 0.3 is 0 Å². The molecule has 2 heterocycles. The molecule has 0 spiro atoms. The third-order valence-electron chi connectivity index (χ3n) is 3.95. The van der Waals surface area contributed by atoms with Crippen molar-refractivity contribution in [3.05, 3.63) is 51.1 Å². The lowest BCUT2D eigenvalue weighted by molar-refractivity contribution is -0.113. The summed E-state index contributed by atoms with van der Waals surface area (Å²) in [5.41, 5.74) is 1.28. The summed E-state index contributed by atoms with van der Waals surface area (Å²) >= 11 is 8.59. The zero-order valence-electron chi connectivity index (χ0n) is 14.4. The van der Waals surface area contributed by atoms with Gasteiger partial charge in [0.15, 0.2) is 5.16 Å². The number of hydrogen-bond acceptors (Lipinski definition) is 5. The first-order valence-corrected chi connectivity index (χ1v) is 10.4. The number of nitrogens with zero attached hydrogens (tertiary/aromatic N) is 2. The number of benzene rings is 1. The first-order valence-electron chi connectivity index (χ1n) is 8.17. The number of fused-ring (bicyclic) bond motifs is 1. The Labute approximate surface area is 164 Å². The lowest BCUT2D eigenvalue weighted by Crippen LogP contribution is -2.26. The Morgan fingerprint density at radius 1 is 1.42 bits per heavy atom. The second kappa shape index (κ2) is 8.24. The van der Waals surface area contributed by atoms with Crippen LogP contribution in [0.15, 0.2) is 45.7 Å². The van der Waals surface area contributed by atoms with E-state index in [1.165, 1.54) is 23.1 Å². The molecule has 3 rings (SSSR count). The second-order valence-corrected chi connectivity index (χ2v) is 8.10. The zero-order chi connectivity index (χ0) is 18.7. The number of amides is 1. The van der Waals surface area contributed by atoms with Crippen LogP contribution in [0.1, 0.15) is 26.3 Å². The van der Waals surface area contributed by atoms with Gasteiger partial charge in [0.1, 0.15) is 4.70 Å². The molecule has 1 aromatic carbocycles. The normalized spacial score (nSPS) is 12.3. The molecule has 136 valence electrons. The number of halogens is 1. The minimum Gasteiger partial charge on any atom is -0.325 e.